The van der Waals surface area contributed by atoms with Crippen LogP contribution in [0.1, 0.15) is 22.1 Å². The van der Waals surface area contributed by atoms with Gasteiger partial charge in [-0.25, -0.2) is 14.6 Å². The lowest BCUT2D eigenvalue weighted by Gasteiger charge is -2.25. The van der Waals surface area contributed by atoms with Crippen LogP contribution >= 0.6 is 23.1 Å². The Morgan fingerprint density at radius 2 is 1.90 bits per heavy atom. The van der Waals surface area contributed by atoms with Gasteiger partial charge in [0, 0.05) is 23.4 Å². The smallest absolute Gasteiger partial charge is 0.379 e. The zero-order chi connectivity index (χ0) is 20.8. The SMILES string of the molecule is Cc1sc2nc(CN3CCOCC3)nc(Sc3nnc(C(F)(F)F)n3N)c2c1C. The van der Waals surface area contributed by atoms with Crippen molar-refractivity contribution >= 4 is 33.3 Å². The Morgan fingerprint density at radius 1 is 1.17 bits per heavy atom. The van der Waals surface area contributed by atoms with E-state index in [-0.39, 0.29) is 5.16 Å². The average Bonchev–Trinajstić information content (AvgIpc) is 3.16. The molecule has 2 N–H and O–H groups in total. The predicted molar refractivity (Wildman–Crippen MR) is 102 cm³/mol. The van der Waals surface area contributed by atoms with E-state index in [2.05, 4.69) is 25.1 Å². The number of aryl methyl sites for hydroxylation is 2. The summed E-state index contributed by atoms with van der Waals surface area (Å²) >= 11 is 2.49. The van der Waals surface area contributed by atoms with Gasteiger partial charge >= 0.3 is 6.18 Å². The van der Waals surface area contributed by atoms with E-state index in [4.69, 9.17) is 10.6 Å². The molecule has 0 aliphatic carbocycles. The third-order valence-corrected chi connectivity index (χ3v) is 6.67. The number of nitrogen functional groups attached to an aromatic ring is 1. The fourth-order valence-corrected chi connectivity index (χ4v) is 5.04. The first kappa shape index (κ1) is 20.3. The van der Waals surface area contributed by atoms with Crippen molar-refractivity contribution in [3.8, 4) is 0 Å². The second-order valence-electron chi connectivity index (χ2n) is 6.57. The standard InChI is InChI=1S/C16H18F3N7OS2/c1-8-9(2)28-12-11(8)13(22-10(21-12)7-25-3-5-27-6-4-25)29-15-24-23-14(26(15)20)16(17,18)19/h3-7,20H2,1-2H3. The molecule has 3 aromatic rings. The molecule has 1 aliphatic rings. The highest BCUT2D eigenvalue weighted by atomic mass is 32.2. The average molecular weight is 445 g/mol. The molecular weight excluding hydrogens is 427 g/mol. The Bertz CT molecular complexity index is 1040. The van der Waals surface area contributed by atoms with Crippen molar-refractivity contribution in [2.75, 3.05) is 32.1 Å². The Hall–Kier alpha value is -1.96. The Balaban J connectivity index is 1.73. The van der Waals surface area contributed by atoms with Gasteiger partial charge in [0.15, 0.2) is 0 Å². The Morgan fingerprint density at radius 3 is 2.55 bits per heavy atom. The minimum Gasteiger partial charge on any atom is -0.379 e. The molecule has 0 aromatic carbocycles. The highest BCUT2D eigenvalue weighted by molar-refractivity contribution is 7.99. The number of nitrogens with zero attached hydrogens (tertiary/aromatic N) is 6. The van der Waals surface area contributed by atoms with Gasteiger partial charge in [0.05, 0.1) is 19.8 Å². The van der Waals surface area contributed by atoms with Crippen LogP contribution in [0.25, 0.3) is 10.2 Å². The first-order valence-corrected chi connectivity index (χ1v) is 10.4. The highest BCUT2D eigenvalue weighted by Gasteiger charge is 2.38. The molecule has 0 saturated carbocycles. The van der Waals surface area contributed by atoms with Crippen LogP contribution in [0.4, 0.5) is 13.2 Å². The first-order valence-electron chi connectivity index (χ1n) is 8.76. The summed E-state index contributed by atoms with van der Waals surface area (Å²) < 4.78 is 44.8. The Kier molecular flexibility index (Phi) is 5.40. The zero-order valence-electron chi connectivity index (χ0n) is 15.7. The molecule has 0 bridgehead atoms. The number of rotatable bonds is 4. The molecule has 0 unspecified atom stereocenters. The number of hydrogen-bond donors (Lipinski definition) is 1. The lowest BCUT2D eigenvalue weighted by Crippen LogP contribution is -2.36. The molecule has 0 radical (unpaired) electrons. The topological polar surface area (TPSA) is 95.0 Å². The summed E-state index contributed by atoms with van der Waals surface area (Å²) in [4.78, 5) is 13.4. The van der Waals surface area contributed by atoms with Crippen LogP contribution in [0, 0.1) is 13.8 Å². The van der Waals surface area contributed by atoms with E-state index in [0.717, 1.165) is 45.5 Å². The quantitative estimate of drug-likeness (QED) is 0.484. The maximum absolute atomic E-state index is 13.0. The molecular formula is C16H18F3N7OS2. The van der Waals surface area contributed by atoms with E-state index in [1.165, 1.54) is 11.3 Å². The van der Waals surface area contributed by atoms with E-state index in [1.54, 1.807) is 0 Å². The second kappa shape index (κ2) is 7.70. The van der Waals surface area contributed by atoms with Gasteiger partial charge in [0.1, 0.15) is 15.7 Å². The minimum atomic E-state index is -4.68. The van der Waals surface area contributed by atoms with Crippen LogP contribution in [0.3, 0.4) is 0 Å². The molecule has 156 valence electrons. The molecule has 1 fully saturated rings. The van der Waals surface area contributed by atoms with Gasteiger partial charge in [0.25, 0.3) is 5.82 Å². The summed E-state index contributed by atoms with van der Waals surface area (Å²) in [5.41, 5.74) is 0.990. The summed E-state index contributed by atoms with van der Waals surface area (Å²) in [6, 6.07) is 0. The molecule has 4 rings (SSSR count). The highest BCUT2D eigenvalue weighted by Crippen LogP contribution is 2.38. The Labute approximate surface area is 172 Å². The van der Waals surface area contributed by atoms with Gasteiger partial charge in [-0.2, -0.15) is 13.2 Å². The number of aromatic nitrogens is 5. The van der Waals surface area contributed by atoms with Gasteiger partial charge in [-0.3, -0.25) is 4.90 Å². The largest absolute Gasteiger partial charge is 0.453 e. The third kappa shape index (κ3) is 4.04. The van der Waals surface area contributed by atoms with Crippen LogP contribution in [0.15, 0.2) is 10.2 Å². The van der Waals surface area contributed by atoms with Crippen LogP contribution in [-0.4, -0.2) is 56.0 Å². The second-order valence-corrected chi connectivity index (χ2v) is 8.73. The van der Waals surface area contributed by atoms with Gasteiger partial charge in [-0.05, 0) is 31.2 Å². The van der Waals surface area contributed by atoms with E-state index in [0.29, 0.717) is 35.3 Å². The lowest BCUT2D eigenvalue weighted by atomic mass is 10.2. The molecule has 1 aliphatic heterocycles. The van der Waals surface area contributed by atoms with E-state index in [1.807, 2.05) is 13.8 Å². The van der Waals surface area contributed by atoms with Gasteiger partial charge in [-0.1, -0.05) is 0 Å². The summed E-state index contributed by atoms with van der Waals surface area (Å²) in [7, 11) is 0. The van der Waals surface area contributed by atoms with E-state index < -0.39 is 12.0 Å². The number of ether oxygens (including phenoxy) is 1. The molecule has 8 nitrogen and oxygen atoms in total. The number of hydrogen-bond acceptors (Lipinski definition) is 9. The van der Waals surface area contributed by atoms with Crippen LogP contribution in [-0.2, 0) is 17.5 Å². The fourth-order valence-electron chi connectivity index (χ4n) is 2.99. The number of nitrogens with two attached hydrogens (primary N) is 1. The lowest BCUT2D eigenvalue weighted by molar-refractivity contribution is -0.146. The molecule has 0 spiro atoms. The predicted octanol–water partition coefficient (Wildman–Crippen LogP) is 2.62. The monoisotopic (exact) mass is 445 g/mol. The van der Waals surface area contributed by atoms with Crippen molar-refractivity contribution < 1.29 is 17.9 Å². The van der Waals surface area contributed by atoms with Crippen molar-refractivity contribution in [2.24, 2.45) is 0 Å². The van der Waals surface area contributed by atoms with Crippen molar-refractivity contribution in [3.05, 3.63) is 22.1 Å². The van der Waals surface area contributed by atoms with E-state index >= 15 is 0 Å². The summed E-state index contributed by atoms with van der Waals surface area (Å²) in [5.74, 6) is 4.95. The number of fused-ring (bicyclic) bond motifs is 1. The molecule has 1 saturated heterocycles. The van der Waals surface area contributed by atoms with Gasteiger partial charge < -0.3 is 10.6 Å². The maximum Gasteiger partial charge on any atom is 0.453 e. The summed E-state index contributed by atoms with van der Waals surface area (Å²) in [6.07, 6.45) is -4.68. The molecule has 3 aromatic heterocycles. The molecule has 4 heterocycles. The summed E-state index contributed by atoms with van der Waals surface area (Å²) in [5, 5.41) is 8.04. The number of morpholine rings is 1. The maximum atomic E-state index is 13.0. The molecule has 0 amide bonds. The number of alkyl halides is 3. The van der Waals surface area contributed by atoms with E-state index in [9.17, 15) is 13.2 Å². The van der Waals surface area contributed by atoms with Crippen molar-refractivity contribution in [2.45, 2.75) is 36.8 Å². The summed E-state index contributed by atoms with van der Waals surface area (Å²) in [6.45, 7) is 7.31. The molecule has 0 atom stereocenters. The van der Waals surface area contributed by atoms with Crippen molar-refractivity contribution in [3.63, 3.8) is 0 Å². The minimum absolute atomic E-state index is 0.0853. The van der Waals surface area contributed by atoms with Gasteiger partial charge in [0.2, 0.25) is 5.16 Å². The molecule has 13 heteroatoms. The van der Waals surface area contributed by atoms with Gasteiger partial charge in [-0.15, -0.1) is 21.5 Å². The van der Waals surface area contributed by atoms with Crippen LogP contribution in [0.2, 0.25) is 0 Å². The molecule has 29 heavy (non-hydrogen) atoms. The van der Waals surface area contributed by atoms with Crippen molar-refractivity contribution in [1.82, 2.24) is 29.7 Å². The van der Waals surface area contributed by atoms with Crippen LogP contribution in [0.5, 0.6) is 0 Å². The normalized spacial score (nSPS) is 16.0. The fraction of sp³-hybridized carbons (Fsp3) is 0.500. The van der Waals surface area contributed by atoms with Crippen molar-refractivity contribution in [1.29, 1.82) is 0 Å². The number of halogens is 3. The third-order valence-electron chi connectivity index (χ3n) is 4.62. The number of thiophene rings is 1. The zero-order valence-corrected chi connectivity index (χ0v) is 17.3. The van der Waals surface area contributed by atoms with Crippen LogP contribution < -0.4 is 5.84 Å². The first-order chi connectivity index (χ1) is 13.7.